The van der Waals surface area contributed by atoms with Crippen molar-refractivity contribution in [2.45, 2.75) is 20.3 Å². The average molecular weight is 223 g/mol. The molecule has 0 saturated carbocycles. The van der Waals surface area contributed by atoms with Crippen molar-refractivity contribution in [1.82, 2.24) is 5.48 Å². The lowest BCUT2D eigenvalue weighted by atomic mass is 10.2. The maximum Gasteiger partial charge on any atom is 0.240 e. The normalized spacial score (nSPS) is 9.88. The molecule has 0 saturated heterocycles. The first kappa shape index (κ1) is 12.5. The van der Waals surface area contributed by atoms with E-state index in [0.29, 0.717) is 13.2 Å². The van der Waals surface area contributed by atoms with E-state index in [-0.39, 0.29) is 5.91 Å². The number of benzene rings is 1. The predicted molar refractivity (Wildman–Crippen MR) is 61.1 cm³/mol. The van der Waals surface area contributed by atoms with E-state index in [9.17, 15) is 4.79 Å². The predicted octanol–water partition coefficient (Wildman–Crippen LogP) is 1.83. The zero-order valence-corrected chi connectivity index (χ0v) is 9.66. The van der Waals surface area contributed by atoms with Crippen LogP contribution in [0.5, 0.6) is 5.75 Å². The summed E-state index contributed by atoms with van der Waals surface area (Å²) >= 11 is 0. The maximum atomic E-state index is 10.5. The highest BCUT2D eigenvalue weighted by Crippen LogP contribution is 2.12. The lowest BCUT2D eigenvalue weighted by Crippen LogP contribution is -2.21. The summed E-state index contributed by atoms with van der Waals surface area (Å²) in [6, 6.07) is 7.88. The van der Waals surface area contributed by atoms with Gasteiger partial charge in [-0.05, 0) is 24.6 Å². The number of hydrogen-bond donors (Lipinski definition) is 1. The molecule has 1 N–H and O–H groups in total. The Bertz CT molecular complexity index is 339. The average Bonchev–Trinajstić information content (AvgIpc) is 2.23. The summed E-state index contributed by atoms with van der Waals surface area (Å²) in [6.07, 6.45) is 0.730. The first-order chi connectivity index (χ1) is 7.68. The number of hydroxylamine groups is 1. The van der Waals surface area contributed by atoms with Crippen LogP contribution in [0.15, 0.2) is 24.3 Å². The van der Waals surface area contributed by atoms with Crippen molar-refractivity contribution >= 4 is 5.91 Å². The highest BCUT2D eigenvalue weighted by atomic mass is 16.6. The van der Waals surface area contributed by atoms with Crippen molar-refractivity contribution in [1.29, 1.82) is 0 Å². The van der Waals surface area contributed by atoms with Crippen LogP contribution in [0.3, 0.4) is 0 Å². The third-order valence-corrected chi connectivity index (χ3v) is 1.86. The zero-order valence-electron chi connectivity index (χ0n) is 9.66. The minimum atomic E-state index is -0.195. The second-order valence-electron chi connectivity index (χ2n) is 3.53. The minimum Gasteiger partial charge on any atom is -0.493 e. The molecule has 88 valence electrons. The molecule has 0 heterocycles. The molecule has 0 radical (unpaired) electrons. The first-order valence-corrected chi connectivity index (χ1v) is 5.26. The van der Waals surface area contributed by atoms with Crippen molar-refractivity contribution < 1.29 is 14.4 Å². The summed E-state index contributed by atoms with van der Waals surface area (Å²) in [7, 11) is 0. The van der Waals surface area contributed by atoms with Gasteiger partial charge in [0.25, 0.3) is 0 Å². The van der Waals surface area contributed by atoms with Gasteiger partial charge in [-0.3, -0.25) is 9.63 Å². The molecule has 0 aromatic heterocycles. The maximum absolute atomic E-state index is 10.5. The fourth-order valence-electron chi connectivity index (χ4n) is 1.18. The smallest absolute Gasteiger partial charge is 0.240 e. The molecular weight excluding hydrogens is 206 g/mol. The third kappa shape index (κ3) is 5.36. The quantitative estimate of drug-likeness (QED) is 0.591. The van der Waals surface area contributed by atoms with E-state index < -0.39 is 0 Å². The number of carbonyl (C=O) groups excluding carboxylic acids is 1. The number of ether oxygens (including phenoxy) is 1. The number of aryl methyl sites for hydroxylation is 1. The molecule has 0 fully saturated rings. The second kappa shape index (κ2) is 6.85. The van der Waals surface area contributed by atoms with E-state index in [0.717, 1.165) is 12.2 Å². The van der Waals surface area contributed by atoms with Gasteiger partial charge in [0.05, 0.1) is 13.2 Å². The Morgan fingerprint density at radius 1 is 1.38 bits per heavy atom. The molecule has 1 aromatic rings. The van der Waals surface area contributed by atoms with E-state index in [1.54, 1.807) is 0 Å². The Labute approximate surface area is 95.5 Å². The highest BCUT2D eigenvalue weighted by molar-refractivity contribution is 5.71. The van der Waals surface area contributed by atoms with Crippen LogP contribution in [0.1, 0.15) is 18.9 Å². The van der Waals surface area contributed by atoms with Crippen LogP contribution >= 0.6 is 0 Å². The Hall–Kier alpha value is -1.55. The Morgan fingerprint density at radius 3 is 2.88 bits per heavy atom. The van der Waals surface area contributed by atoms with Crippen LogP contribution in [0.4, 0.5) is 0 Å². The molecule has 4 nitrogen and oxygen atoms in total. The van der Waals surface area contributed by atoms with Gasteiger partial charge in [-0.15, -0.1) is 0 Å². The number of hydrogen-bond acceptors (Lipinski definition) is 3. The van der Waals surface area contributed by atoms with Crippen molar-refractivity contribution in [2.24, 2.45) is 0 Å². The molecule has 0 aliphatic carbocycles. The van der Waals surface area contributed by atoms with Crippen LogP contribution < -0.4 is 10.2 Å². The van der Waals surface area contributed by atoms with Crippen molar-refractivity contribution in [2.75, 3.05) is 13.2 Å². The van der Waals surface area contributed by atoms with Gasteiger partial charge in [-0.2, -0.15) is 0 Å². The van der Waals surface area contributed by atoms with Crippen LogP contribution in [-0.4, -0.2) is 19.1 Å². The van der Waals surface area contributed by atoms with Crippen molar-refractivity contribution in [3.63, 3.8) is 0 Å². The molecule has 0 bridgehead atoms. The Balaban J connectivity index is 2.09. The van der Waals surface area contributed by atoms with E-state index in [4.69, 9.17) is 9.57 Å². The molecule has 0 aliphatic rings. The van der Waals surface area contributed by atoms with Gasteiger partial charge in [0.2, 0.25) is 5.91 Å². The zero-order chi connectivity index (χ0) is 11.8. The van der Waals surface area contributed by atoms with Gasteiger partial charge >= 0.3 is 0 Å². The summed E-state index contributed by atoms with van der Waals surface area (Å²) in [5, 5.41) is 0. The fraction of sp³-hybridized carbons (Fsp3) is 0.417. The lowest BCUT2D eigenvalue weighted by Gasteiger charge is -2.07. The lowest BCUT2D eigenvalue weighted by molar-refractivity contribution is -0.131. The molecule has 0 atom stereocenters. The monoisotopic (exact) mass is 223 g/mol. The molecule has 1 aromatic carbocycles. The largest absolute Gasteiger partial charge is 0.493 e. The summed E-state index contributed by atoms with van der Waals surface area (Å²) in [4.78, 5) is 15.3. The Morgan fingerprint density at radius 2 is 2.19 bits per heavy atom. The second-order valence-corrected chi connectivity index (χ2v) is 3.53. The SMILES string of the molecule is CC(=O)NOCCCOc1cccc(C)c1. The van der Waals surface area contributed by atoms with Gasteiger partial charge in [-0.1, -0.05) is 12.1 Å². The van der Waals surface area contributed by atoms with Gasteiger partial charge in [-0.25, -0.2) is 5.48 Å². The topological polar surface area (TPSA) is 47.6 Å². The molecule has 0 aliphatic heterocycles. The number of carbonyl (C=O) groups is 1. The first-order valence-electron chi connectivity index (χ1n) is 5.26. The highest BCUT2D eigenvalue weighted by Gasteiger charge is 1.95. The van der Waals surface area contributed by atoms with E-state index in [1.807, 2.05) is 31.2 Å². The number of amides is 1. The van der Waals surface area contributed by atoms with Crippen LogP contribution in [0.2, 0.25) is 0 Å². The molecule has 0 unspecified atom stereocenters. The van der Waals surface area contributed by atoms with E-state index >= 15 is 0 Å². The molecule has 4 heteroatoms. The van der Waals surface area contributed by atoms with Crippen molar-refractivity contribution in [3.8, 4) is 5.75 Å². The number of nitrogens with one attached hydrogen (secondary N) is 1. The molecule has 1 amide bonds. The van der Waals surface area contributed by atoms with Crippen LogP contribution in [0, 0.1) is 6.92 Å². The van der Waals surface area contributed by atoms with Gasteiger partial charge in [0, 0.05) is 13.3 Å². The van der Waals surface area contributed by atoms with Crippen LogP contribution in [0.25, 0.3) is 0 Å². The molecule has 16 heavy (non-hydrogen) atoms. The van der Waals surface area contributed by atoms with E-state index in [1.165, 1.54) is 12.5 Å². The standard InChI is InChI=1S/C12H17NO3/c1-10-5-3-6-12(9-10)15-7-4-8-16-13-11(2)14/h3,5-6,9H,4,7-8H2,1-2H3,(H,13,14). The van der Waals surface area contributed by atoms with Gasteiger partial charge < -0.3 is 4.74 Å². The van der Waals surface area contributed by atoms with Crippen molar-refractivity contribution in [3.05, 3.63) is 29.8 Å². The van der Waals surface area contributed by atoms with Crippen LogP contribution in [-0.2, 0) is 9.63 Å². The summed E-state index contributed by atoms with van der Waals surface area (Å²) in [6.45, 7) is 4.45. The van der Waals surface area contributed by atoms with Gasteiger partial charge in [0.1, 0.15) is 5.75 Å². The van der Waals surface area contributed by atoms with E-state index in [2.05, 4.69) is 5.48 Å². The third-order valence-electron chi connectivity index (χ3n) is 1.86. The summed E-state index contributed by atoms with van der Waals surface area (Å²) < 4.78 is 5.50. The number of rotatable bonds is 6. The van der Waals surface area contributed by atoms with Gasteiger partial charge in [0.15, 0.2) is 0 Å². The summed E-state index contributed by atoms with van der Waals surface area (Å²) in [5.41, 5.74) is 3.43. The minimum absolute atomic E-state index is 0.195. The molecular formula is C12H17NO3. The summed E-state index contributed by atoms with van der Waals surface area (Å²) in [5.74, 6) is 0.666. The Kier molecular flexibility index (Phi) is 5.36. The molecule has 0 spiro atoms. The molecule has 1 rings (SSSR count). The fourth-order valence-corrected chi connectivity index (χ4v) is 1.18.